The molecule has 0 unspecified atom stereocenters. The molecule has 1 radical (unpaired) electrons. The van der Waals surface area contributed by atoms with Gasteiger partial charge in [-0.1, -0.05) is 89.0 Å². The molecule has 0 bridgehead atoms. The normalized spacial score (nSPS) is 31.0. The lowest BCUT2D eigenvalue weighted by molar-refractivity contribution is 0.222. The van der Waals surface area contributed by atoms with Crippen molar-refractivity contribution in [3.8, 4) is 0 Å². The summed E-state index contributed by atoms with van der Waals surface area (Å²) in [6.45, 7) is 2.33. The zero-order valence-electron chi connectivity index (χ0n) is 15.8. The quantitative estimate of drug-likeness (QED) is 0.486. The third kappa shape index (κ3) is 5.36. The van der Waals surface area contributed by atoms with E-state index in [2.05, 4.69) is 37.3 Å². The fraction of sp³-hybridized carbons (Fsp3) is 0.750. The van der Waals surface area contributed by atoms with Crippen molar-refractivity contribution in [2.45, 2.75) is 96.3 Å². The van der Waals surface area contributed by atoms with Crippen LogP contribution in [0.15, 0.2) is 24.3 Å². The molecule has 0 atom stereocenters. The smallest absolute Gasteiger partial charge is 0.0162 e. The van der Waals surface area contributed by atoms with Crippen LogP contribution in [-0.4, -0.2) is 0 Å². The van der Waals surface area contributed by atoms with Crippen LogP contribution in [0, 0.1) is 23.8 Å². The van der Waals surface area contributed by atoms with Gasteiger partial charge in [-0.15, -0.1) is 0 Å². The van der Waals surface area contributed by atoms with E-state index in [0.29, 0.717) is 0 Å². The Labute approximate surface area is 150 Å². The number of unbranched alkanes of at least 4 members (excludes halogenated alkanes) is 1. The van der Waals surface area contributed by atoms with Crippen LogP contribution in [0.3, 0.4) is 0 Å². The average molecular weight is 326 g/mol. The van der Waals surface area contributed by atoms with Gasteiger partial charge in [-0.25, -0.2) is 0 Å². The highest BCUT2D eigenvalue weighted by Gasteiger charge is 2.25. The molecular formula is C24H37. The Morgan fingerprint density at radius 3 is 1.79 bits per heavy atom. The molecule has 2 aliphatic carbocycles. The van der Waals surface area contributed by atoms with Gasteiger partial charge in [-0.3, -0.25) is 0 Å². The first-order valence-electron chi connectivity index (χ1n) is 10.8. The van der Waals surface area contributed by atoms with Gasteiger partial charge in [0.25, 0.3) is 0 Å². The van der Waals surface area contributed by atoms with Gasteiger partial charge < -0.3 is 0 Å². The predicted octanol–water partition coefficient (Wildman–Crippen LogP) is 7.54. The second-order valence-corrected chi connectivity index (χ2v) is 8.66. The van der Waals surface area contributed by atoms with Gasteiger partial charge in [0.15, 0.2) is 0 Å². The molecule has 0 nitrogen and oxygen atoms in total. The molecule has 133 valence electrons. The van der Waals surface area contributed by atoms with Crippen molar-refractivity contribution in [2.75, 3.05) is 0 Å². The maximum absolute atomic E-state index is 3.15. The van der Waals surface area contributed by atoms with Gasteiger partial charge in [0.1, 0.15) is 0 Å². The number of rotatable bonds is 7. The van der Waals surface area contributed by atoms with E-state index in [4.69, 9.17) is 0 Å². The van der Waals surface area contributed by atoms with E-state index in [1.54, 1.807) is 5.56 Å². The largest absolute Gasteiger partial charge is 0.0654 e. The molecule has 2 aliphatic rings. The standard InChI is InChI=1S/C24H37/c1-2-3-7-20-10-12-21(13-11-20)14-15-22-16-18-24(19-17-22)23-8-5-4-6-9-23/h5-6,8-9,20-22,24H,2-3,7,10-19H2,1H3. The Morgan fingerprint density at radius 1 is 0.750 bits per heavy atom. The summed E-state index contributed by atoms with van der Waals surface area (Å²) in [5, 5.41) is 0. The van der Waals surface area contributed by atoms with E-state index >= 15 is 0 Å². The summed E-state index contributed by atoms with van der Waals surface area (Å²) in [5.74, 6) is 3.98. The van der Waals surface area contributed by atoms with E-state index in [1.165, 1.54) is 83.5 Å². The summed E-state index contributed by atoms with van der Waals surface area (Å²) in [7, 11) is 0. The summed E-state index contributed by atoms with van der Waals surface area (Å²) < 4.78 is 0. The first kappa shape index (κ1) is 18.0. The summed E-state index contributed by atoms with van der Waals surface area (Å²) in [5.41, 5.74) is 1.55. The fourth-order valence-electron chi connectivity index (χ4n) is 5.23. The molecule has 3 rings (SSSR count). The van der Waals surface area contributed by atoms with Crippen molar-refractivity contribution in [2.24, 2.45) is 17.8 Å². The van der Waals surface area contributed by atoms with Gasteiger partial charge in [-0.05, 0) is 61.0 Å². The van der Waals surface area contributed by atoms with Crippen LogP contribution < -0.4 is 0 Å². The minimum atomic E-state index is 0.824. The highest BCUT2D eigenvalue weighted by molar-refractivity contribution is 5.19. The van der Waals surface area contributed by atoms with Crippen LogP contribution in [0.2, 0.25) is 0 Å². The van der Waals surface area contributed by atoms with Crippen LogP contribution in [-0.2, 0) is 0 Å². The van der Waals surface area contributed by atoms with Crippen molar-refractivity contribution < 1.29 is 0 Å². The maximum Gasteiger partial charge on any atom is -0.0162 e. The average Bonchev–Trinajstić information content (AvgIpc) is 2.67. The van der Waals surface area contributed by atoms with Crippen molar-refractivity contribution in [1.82, 2.24) is 0 Å². The van der Waals surface area contributed by atoms with Crippen LogP contribution in [0.1, 0.15) is 102 Å². The third-order valence-electron chi connectivity index (χ3n) is 6.98. The molecule has 24 heavy (non-hydrogen) atoms. The Hall–Kier alpha value is -0.780. The molecule has 0 amide bonds. The summed E-state index contributed by atoms with van der Waals surface area (Å²) in [6.07, 6.45) is 19.3. The molecule has 0 aromatic heterocycles. The molecule has 1 aromatic rings. The lowest BCUT2D eigenvalue weighted by Gasteiger charge is -2.32. The molecule has 0 heterocycles. The molecule has 2 fully saturated rings. The molecule has 0 aliphatic heterocycles. The highest BCUT2D eigenvalue weighted by atomic mass is 14.3. The lowest BCUT2D eigenvalue weighted by atomic mass is 9.74. The Balaban J connectivity index is 1.31. The van der Waals surface area contributed by atoms with Gasteiger partial charge in [0, 0.05) is 0 Å². The van der Waals surface area contributed by atoms with E-state index < -0.39 is 0 Å². The van der Waals surface area contributed by atoms with Crippen LogP contribution >= 0.6 is 0 Å². The molecular weight excluding hydrogens is 288 g/mol. The van der Waals surface area contributed by atoms with Crippen LogP contribution in [0.4, 0.5) is 0 Å². The van der Waals surface area contributed by atoms with Gasteiger partial charge >= 0.3 is 0 Å². The van der Waals surface area contributed by atoms with Crippen molar-refractivity contribution in [3.05, 3.63) is 35.9 Å². The summed E-state index contributed by atoms with van der Waals surface area (Å²) in [4.78, 5) is 0. The second-order valence-electron chi connectivity index (χ2n) is 8.66. The zero-order valence-corrected chi connectivity index (χ0v) is 15.8. The maximum atomic E-state index is 3.15. The predicted molar refractivity (Wildman–Crippen MR) is 104 cm³/mol. The van der Waals surface area contributed by atoms with E-state index in [-0.39, 0.29) is 0 Å². The molecule has 1 aromatic carbocycles. The van der Waals surface area contributed by atoms with Crippen molar-refractivity contribution in [3.63, 3.8) is 0 Å². The molecule has 0 spiro atoms. The first-order chi connectivity index (χ1) is 11.8. The number of benzene rings is 1. The van der Waals surface area contributed by atoms with Gasteiger partial charge in [-0.2, -0.15) is 0 Å². The van der Waals surface area contributed by atoms with Crippen molar-refractivity contribution >= 4 is 0 Å². The van der Waals surface area contributed by atoms with Gasteiger partial charge in [0.05, 0.1) is 0 Å². The Kier molecular flexibility index (Phi) is 7.24. The molecule has 2 saturated carbocycles. The van der Waals surface area contributed by atoms with E-state index in [9.17, 15) is 0 Å². The molecule has 0 saturated heterocycles. The fourth-order valence-corrected chi connectivity index (χ4v) is 5.23. The van der Waals surface area contributed by atoms with E-state index in [1.807, 2.05) is 0 Å². The van der Waals surface area contributed by atoms with Crippen LogP contribution in [0.25, 0.3) is 0 Å². The zero-order chi connectivity index (χ0) is 16.6. The Bertz CT molecular complexity index is 432. The van der Waals surface area contributed by atoms with Gasteiger partial charge in [0.2, 0.25) is 0 Å². The number of hydrogen-bond donors (Lipinski definition) is 0. The lowest BCUT2D eigenvalue weighted by Crippen LogP contribution is -2.17. The monoisotopic (exact) mass is 325 g/mol. The van der Waals surface area contributed by atoms with E-state index in [0.717, 1.165) is 23.7 Å². The first-order valence-corrected chi connectivity index (χ1v) is 10.8. The van der Waals surface area contributed by atoms with Crippen LogP contribution in [0.5, 0.6) is 0 Å². The number of hydrogen-bond acceptors (Lipinski definition) is 0. The summed E-state index contributed by atoms with van der Waals surface area (Å²) in [6, 6.07) is 11.9. The minimum Gasteiger partial charge on any atom is -0.0654 e. The highest BCUT2D eigenvalue weighted by Crippen LogP contribution is 2.40. The third-order valence-corrected chi connectivity index (χ3v) is 6.98. The SMILES string of the molecule is CCCCC1CCC(CCC2CCC(c3cc[c]cc3)CC2)CC1. The summed E-state index contributed by atoms with van der Waals surface area (Å²) >= 11 is 0. The molecule has 0 heteroatoms. The van der Waals surface area contributed by atoms with Crippen molar-refractivity contribution in [1.29, 1.82) is 0 Å². The minimum absolute atomic E-state index is 0.824. The Morgan fingerprint density at radius 2 is 1.25 bits per heavy atom. The molecule has 0 N–H and O–H groups in total. The second kappa shape index (κ2) is 9.64. The topological polar surface area (TPSA) is 0 Å².